The second kappa shape index (κ2) is 6.98. The highest BCUT2D eigenvalue weighted by molar-refractivity contribution is 6.34. The second-order valence-corrected chi connectivity index (χ2v) is 6.65. The average Bonchev–Trinajstić information content (AvgIpc) is 2.84. The average molecular weight is 376 g/mol. The molecular formula is C19H19Cl2N3O. The topological polar surface area (TPSA) is 39.1 Å². The van der Waals surface area contributed by atoms with Crippen LogP contribution in [0.5, 0.6) is 5.75 Å². The zero-order valence-electron chi connectivity index (χ0n) is 14.5. The SMILES string of the molecule is COc1ccc(-c2c(C)nn(C)c2Nc2c(C)cccc2Cl)c(Cl)c1. The second-order valence-electron chi connectivity index (χ2n) is 5.84. The number of anilines is 2. The molecule has 0 aliphatic heterocycles. The Bertz CT molecular complexity index is 914. The predicted molar refractivity (Wildman–Crippen MR) is 104 cm³/mol. The van der Waals surface area contributed by atoms with Crippen LogP contribution >= 0.6 is 23.2 Å². The number of para-hydroxylation sites is 1. The monoisotopic (exact) mass is 375 g/mol. The van der Waals surface area contributed by atoms with E-state index in [2.05, 4.69) is 10.4 Å². The van der Waals surface area contributed by atoms with Crippen LogP contribution in [-0.4, -0.2) is 16.9 Å². The first-order chi connectivity index (χ1) is 11.9. The molecule has 1 heterocycles. The summed E-state index contributed by atoms with van der Waals surface area (Å²) in [4.78, 5) is 0. The Kier molecular flexibility index (Phi) is 4.93. The number of halogens is 2. The highest BCUT2D eigenvalue weighted by Crippen LogP contribution is 2.40. The molecule has 3 rings (SSSR count). The first-order valence-corrected chi connectivity index (χ1v) is 8.57. The van der Waals surface area contributed by atoms with E-state index in [9.17, 15) is 0 Å². The maximum Gasteiger partial charge on any atom is 0.136 e. The number of ether oxygens (including phenoxy) is 1. The van der Waals surface area contributed by atoms with Crippen LogP contribution in [0.1, 0.15) is 11.3 Å². The van der Waals surface area contributed by atoms with Crippen molar-refractivity contribution in [1.82, 2.24) is 9.78 Å². The van der Waals surface area contributed by atoms with Crippen molar-refractivity contribution in [2.75, 3.05) is 12.4 Å². The van der Waals surface area contributed by atoms with Gasteiger partial charge < -0.3 is 10.1 Å². The lowest BCUT2D eigenvalue weighted by atomic mass is 10.0. The van der Waals surface area contributed by atoms with E-state index in [4.69, 9.17) is 27.9 Å². The molecule has 130 valence electrons. The summed E-state index contributed by atoms with van der Waals surface area (Å²) < 4.78 is 7.04. The Balaban J connectivity index is 2.14. The Morgan fingerprint density at radius 1 is 1.08 bits per heavy atom. The van der Waals surface area contributed by atoms with Crippen LogP contribution in [0.3, 0.4) is 0 Å². The first-order valence-electron chi connectivity index (χ1n) is 7.82. The summed E-state index contributed by atoms with van der Waals surface area (Å²) in [6, 6.07) is 11.4. The summed E-state index contributed by atoms with van der Waals surface area (Å²) in [6.45, 7) is 3.97. The van der Waals surface area contributed by atoms with Crippen LogP contribution in [0.15, 0.2) is 36.4 Å². The molecule has 0 saturated carbocycles. The Labute approximate surface area is 157 Å². The standard InChI is InChI=1S/C19H19Cl2N3O/c1-11-6-5-7-15(20)18(11)22-19-17(12(2)23-24(19)3)14-9-8-13(25-4)10-16(14)21/h5-10,22H,1-4H3. The molecule has 2 aromatic carbocycles. The van der Waals surface area contributed by atoms with Crippen molar-refractivity contribution >= 4 is 34.7 Å². The molecule has 25 heavy (non-hydrogen) atoms. The van der Waals surface area contributed by atoms with Gasteiger partial charge in [-0.1, -0.05) is 35.3 Å². The van der Waals surface area contributed by atoms with E-state index in [1.54, 1.807) is 17.9 Å². The molecule has 0 amide bonds. The molecule has 0 unspecified atom stereocenters. The van der Waals surface area contributed by atoms with E-state index in [-0.39, 0.29) is 0 Å². The molecule has 6 heteroatoms. The minimum atomic E-state index is 0.606. The number of aromatic nitrogens is 2. The molecule has 0 atom stereocenters. The quantitative estimate of drug-likeness (QED) is 0.629. The number of hydrogen-bond acceptors (Lipinski definition) is 3. The van der Waals surface area contributed by atoms with Gasteiger partial charge in [-0.25, -0.2) is 0 Å². The van der Waals surface area contributed by atoms with Crippen LogP contribution in [0, 0.1) is 13.8 Å². The van der Waals surface area contributed by atoms with Gasteiger partial charge in [-0.3, -0.25) is 4.68 Å². The van der Waals surface area contributed by atoms with Gasteiger partial charge in [-0.2, -0.15) is 5.10 Å². The van der Waals surface area contributed by atoms with Crippen molar-refractivity contribution in [2.45, 2.75) is 13.8 Å². The van der Waals surface area contributed by atoms with Gasteiger partial charge in [-0.05, 0) is 43.7 Å². The minimum absolute atomic E-state index is 0.606. The zero-order chi connectivity index (χ0) is 18.1. The summed E-state index contributed by atoms with van der Waals surface area (Å²) in [5.41, 5.74) is 4.62. The number of benzene rings is 2. The van der Waals surface area contributed by atoms with Crippen molar-refractivity contribution < 1.29 is 4.74 Å². The molecule has 3 aromatic rings. The van der Waals surface area contributed by atoms with Gasteiger partial charge in [0.2, 0.25) is 0 Å². The normalized spacial score (nSPS) is 10.8. The van der Waals surface area contributed by atoms with Gasteiger partial charge in [-0.15, -0.1) is 0 Å². The van der Waals surface area contributed by atoms with Crippen molar-refractivity contribution in [3.8, 4) is 16.9 Å². The molecule has 0 radical (unpaired) electrons. The minimum Gasteiger partial charge on any atom is -0.497 e. The fourth-order valence-corrected chi connectivity index (χ4v) is 3.39. The van der Waals surface area contributed by atoms with E-state index in [0.717, 1.165) is 33.9 Å². The third-order valence-electron chi connectivity index (χ3n) is 4.13. The van der Waals surface area contributed by atoms with Crippen LogP contribution in [0.25, 0.3) is 11.1 Å². The number of nitrogens with zero attached hydrogens (tertiary/aromatic N) is 2. The van der Waals surface area contributed by atoms with Crippen LogP contribution in [-0.2, 0) is 7.05 Å². The number of hydrogen-bond donors (Lipinski definition) is 1. The Morgan fingerprint density at radius 3 is 2.48 bits per heavy atom. The number of methoxy groups -OCH3 is 1. The maximum atomic E-state index is 6.49. The van der Waals surface area contributed by atoms with Crippen LogP contribution in [0.4, 0.5) is 11.5 Å². The first kappa shape index (κ1) is 17.6. The van der Waals surface area contributed by atoms with Crippen molar-refractivity contribution in [2.24, 2.45) is 7.05 Å². The lowest BCUT2D eigenvalue weighted by Gasteiger charge is -2.14. The fraction of sp³-hybridized carbons (Fsp3) is 0.211. The summed E-state index contributed by atoms with van der Waals surface area (Å²) in [5.74, 6) is 1.55. The number of nitrogens with one attached hydrogen (secondary N) is 1. The molecule has 1 aromatic heterocycles. The smallest absolute Gasteiger partial charge is 0.136 e. The van der Waals surface area contributed by atoms with Gasteiger partial charge in [0.05, 0.1) is 28.5 Å². The highest BCUT2D eigenvalue weighted by Gasteiger charge is 2.19. The maximum absolute atomic E-state index is 6.49. The van der Waals surface area contributed by atoms with E-state index in [1.807, 2.05) is 51.2 Å². The summed E-state index contributed by atoms with van der Waals surface area (Å²) in [7, 11) is 3.51. The van der Waals surface area contributed by atoms with Gasteiger partial charge in [0.15, 0.2) is 0 Å². The summed E-state index contributed by atoms with van der Waals surface area (Å²) in [5, 5.41) is 9.24. The molecule has 0 aliphatic rings. The van der Waals surface area contributed by atoms with E-state index < -0.39 is 0 Å². The third kappa shape index (κ3) is 3.32. The molecule has 0 spiro atoms. The molecule has 0 aliphatic carbocycles. The lowest BCUT2D eigenvalue weighted by molar-refractivity contribution is 0.415. The van der Waals surface area contributed by atoms with Gasteiger partial charge in [0, 0.05) is 18.2 Å². The largest absolute Gasteiger partial charge is 0.497 e. The molecule has 0 saturated heterocycles. The van der Waals surface area contributed by atoms with Gasteiger partial charge in [0.25, 0.3) is 0 Å². The van der Waals surface area contributed by atoms with Gasteiger partial charge >= 0.3 is 0 Å². The number of aryl methyl sites for hydroxylation is 3. The predicted octanol–water partition coefficient (Wildman–Crippen LogP) is 5.76. The van der Waals surface area contributed by atoms with Crippen molar-refractivity contribution in [1.29, 1.82) is 0 Å². The summed E-state index contributed by atoms with van der Waals surface area (Å²) in [6.07, 6.45) is 0. The zero-order valence-corrected chi connectivity index (χ0v) is 16.0. The Hall–Kier alpha value is -2.17. The van der Waals surface area contributed by atoms with E-state index in [1.165, 1.54) is 0 Å². The van der Waals surface area contributed by atoms with Crippen molar-refractivity contribution in [3.05, 3.63) is 57.7 Å². The molecular weight excluding hydrogens is 357 g/mol. The van der Waals surface area contributed by atoms with Crippen LogP contribution < -0.4 is 10.1 Å². The van der Waals surface area contributed by atoms with Gasteiger partial charge in [0.1, 0.15) is 11.6 Å². The van der Waals surface area contributed by atoms with Crippen molar-refractivity contribution in [3.63, 3.8) is 0 Å². The third-order valence-corrected chi connectivity index (χ3v) is 4.76. The molecule has 0 bridgehead atoms. The lowest BCUT2D eigenvalue weighted by Crippen LogP contribution is -2.02. The van der Waals surface area contributed by atoms with E-state index >= 15 is 0 Å². The molecule has 4 nitrogen and oxygen atoms in total. The molecule has 1 N–H and O–H groups in total. The number of rotatable bonds is 4. The fourth-order valence-electron chi connectivity index (χ4n) is 2.86. The van der Waals surface area contributed by atoms with Crippen LogP contribution in [0.2, 0.25) is 10.0 Å². The Morgan fingerprint density at radius 2 is 1.84 bits per heavy atom. The summed E-state index contributed by atoms with van der Waals surface area (Å²) >= 11 is 12.9. The van der Waals surface area contributed by atoms with E-state index in [0.29, 0.717) is 15.8 Å². The highest BCUT2D eigenvalue weighted by atomic mass is 35.5. The molecule has 0 fully saturated rings.